The van der Waals surface area contributed by atoms with Crippen LogP contribution in [0, 0.1) is 0 Å². The highest BCUT2D eigenvalue weighted by atomic mass is 35.5. The lowest BCUT2D eigenvalue weighted by Gasteiger charge is -2.09. The maximum atomic E-state index is 12.5. The molecular formula is C19H16ClN3OS. The van der Waals surface area contributed by atoms with E-state index in [0.29, 0.717) is 0 Å². The Balaban J connectivity index is 0.00000157. The zero-order valence-corrected chi connectivity index (χ0v) is 15.2. The summed E-state index contributed by atoms with van der Waals surface area (Å²) in [6.07, 6.45) is 5.52. The van der Waals surface area contributed by atoms with Crippen molar-refractivity contribution < 1.29 is 4.79 Å². The average Bonchev–Trinajstić information content (AvgIpc) is 3.24. The fourth-order valence-corrected chi connectivity index (χ4v) is 4.37. The van der Waals surface area contributed by atoms with Crippen LogP contribution in [0.3, 0.4) is 0 Å². The quantitative estimate of drug-likeness (QED) is 0.676. The van der Waals surface area contributed by atoms with Crippen molar-refractivity contribution in [2.75, 3.05) is 11.9 Å². The summed E-state index contributed by atoms with van der Waals surface area (Å²) in [5, 5.41) is 3.04. The van der Waals surface area contributed by atoms with Gasteiger partial charge in [-0.25, -0.2) is 4.98 Å². The van der Waals surface area contributed by atoms with Crippen LogP contribution in [-0.4, -0.2) is 22.9 Å². The number of hydrogen-bond acceptors (Lipinski definition) is 4. The third kappa shape index (κ3) is 2.30. The highest BCUT2D eigenvalue weighted by Crippen LogP contribution is 2.57. The number of anilines is 1. The molecule has 1 saturated carbocycles. The number of hydrogen-bond donors (Lipinski definition) is 0. The van der Waals surface area contributed by atoms with Gasteiger partial charge in [0.05, 0.1) is 11.1 Å². The highest BCUT2D eigenvalue weighted by Gasteiger charge is 2.58. The highest BCUT2D eigenvalue weighted by molar-refractivity contribution is 7.13. The number of carbonyl (C=O) groups excluding carboxylic acids is 1. The van der Waals surface area contributed by atoms with Gasteiger partial charge in [-0.2, -0.15) is 0 Å². The first kappa shape index (κ1) is 16.2. The van der Waals surface area contributed by atoms with E-state index in [0.717, 1.165) is 40.4 Å². The summed E-state index contributed by atoms with van der Waals surface area (Å²) in [6, 6.07) is 10.2. The van der Waals surface area contributed by atoms with Crippen molar-refractivity contribution in [2.45, 2.75) is 18.3 Å². The molecule has 0 radical (unpaired) electrons. The van der Waals surface area contributed by atoms with Crippen LogP contribution < -0.4 is 4.90 Å². The van der Waals surface area contributed by atoms with Crippen LogP contribution in [-0.2, 0) is 10.2 Å². The number of aromatic nitrogens is 2. The molecular weight excluding hydrogens is 354 g/mol. The molecule has 2 aliphatic rings. The maximum absolute atomic E-state index is 12.5. The predicted octanol–water partition coefficient (Wildman–Crippen LogP) is 4.30. The van der Waals surface area contributed by atoms with E-state index >= 15 is 0 Å². The van der Waals surface area contributed by atoms with Crippen LogP contribution in [0.2, 0.25) is 0 Å². The van der Waals surface area contributed by atoms with Crippen molar-refractivity contribution in [1.82, 2.24) is 9.97 Å². The summed E-state index contributed by atoms with van der Waals surface area (Å²) in [5.41, 5.74) is 5.03. The van der Waals surface area contributed by atoms with E-state index in [2.05, 4.69) is 28.6 Å². The fraction of sp³-hybridized carbons (Fsp3) is 0.211. The molecule has 6 heteroatoms. The molecule has 1 spiro atoms. The number of fused-ring (bicyclic) bond motifs is 2. The topological polar surface area (TPSA) is 46.1 Å². The number of thiazole rings is 1. The third-order valence-electron chi connectivity index (χ3n) is 5.05. The monoisotopic (exact) mass is 369 g/mol. The molecule has 0 unspecified atom stereocenters. The van der Waals surface area contributed by atoms with Crippen molar-refractivity contribution in [3.8, 4) is 21.8 Å². The van der Waals surface area contributed by atoms with Crippen molar-refractivity contribution in [3.63, 3.8) is 0 Å². The Bertz CT molecular complexity index is 966. The summed E-state index contributed by atoms with van der Waals surface area (Å²) >= 11 is 1.62. The maximum Gasteiger partial charge on any atom is 0.237 e. The molecule has 1 amide bonds. The number of carbonyl (C=O) groups is 1. The van der Waals surface area contributed by atoms with Gasteiger partial charge in [-0.1, -0.05) is 6.07 Å². The minimum Gasteiger partial charge on any atom is -0.314 e. The molecule has 2 aromatic heterocycles. The summed E-state index contributed by atoms with van der Waals surface area (Å²) in [4.78, 5) is 23.2. The molecule has 3 aromatic rings. The van der Waals surface area contributed by atoms with Gasteiger partial charge in [0, 0.05) is 41.6 Å². The van der Waals surface area contributed by atoms with E-state index in [-0.39, 0.29) is 23.7 Å². The van der Waals surface area contributed by atoms with Crippen LogP contribution in [0.25, 0.3) is 21.8 Å². The fourth-order valence-electron chi connectivity index (χ4n) is 3.55. The van der Waals surface area contributed by atoms with E-state index in [4.69, 9.17) is 4.98 Å². The summed E-state index contributed by atoms with van der Waals surface area (Å²) < 4.78 is 0. The van der Waals surface area contributed by atoms with Crippen molar-refractivity contribution >= 4 is 35.3 Å². The van der Waals surface area contributed by atoms with E-state index in [9.17, 15) is 4.79 Å². The van der Waals surface area contributed by atoms with Gasteiger partial charge < -0.3 is 4.90 Å². The van der Waals surface area contributed by atoms with E-state index in [1.807, 2.05) is 25.4 Å². The molecule has 1 aliphatic carbocycles. The minimum absolute atomic E-state index is 0. The second kappa shape index (κ2) is 5.64. The van der Waals surface area contributed by atoms with Gasteiger partial charge in [-0.3, -0.25) is 9.78 Å². The number of amides is 1. The van der Waals surface area contributed by atoms with Gasteiger partial charge in [0.25, 0.3) is 0 Å². The molecule has 4 nitrogen and oxygen atoms in total. The van der Waals surface area contributed by atoms with Crippen LogP contribution in [0.1, 0.15) is 18.4 Å². The van der Waals surface area contributed by atoms with Crippen LogP contribution >= 0.6 is 23.7 Å². The number of pyridine rings is 1. The number of halogens is 1. The van der Waals surface area contributed by atoms with Crippen LogP contribution in [0.4, 0.5) is 5.69 Å². The molecule has 1 aromatic carbocycles. The Hall–Kier alpha value is -2.24. The van der Waals surface area contributed by atoms with Gasteiger partial charge in [-0.05, 0) is 42.7 Å². The Morgan fingerprint density at radius 2 is 2.04 bits per heavy atom. The number of rotatable bonds is 2. The second-order valence-electron chi connectivity index (χ2n) is 6.46. The first-order chi connectivity index (χ1) is 11.7. The smallest absolute Gasteiger partial charge is 0.237 e. The molecule has 0 bridgehead atoms. The molecule has 3 heterocycles. The third-order valence-corrected chi connectivity index (χ3v) is 5.94. The SMILES string of the molecule is CN1C(=O)C2(CC2)c2cc(-c3csc(-c4cccnc4)n3)ccc21.Cl. The Labute approximate surface area is 156 Å². The second-order valence-corrected chi connectivity index (χ2v) is 7.32. The van der Waals surface area contributed by atoms with Crippen LogP contribution in [0.5, 0.6) is 0 Å². The lowest BCUT2D eigenvalue weighted by molar-refractivity contribution is -0.119. The summed E-state index contributed by atoms with van der Waals surface area (Å²) in [6.45, 7) is 0. The number of benzene rings is 1. The summed E-state index contributed by atoms with van der Waals surface area (Å²) in [7, 11) is 1.87. The van der Waals surface area contributed by atoms with Crippen LogP contribution in [0.15, 0.2) is 48.1 Å². The molecule has 5 rings (SSSR count). The molecule has 0 atom stereocenters. The van der Waals surface area contributed by atoms with Gasteiger partial charge in [-0.15, -0.1) is 23.7 Å². The zero-order valence-electron chi connectivity index (χ0n) is 13.6. The molecule has 0 N–H and O–H groups in total. The Morgan fingerprint density at radius 3 is 2.76 bits per heavy atom. The van der Waals surface area contributed by atoms with Gasteiger partial charge >= 0.3 is 0 Å². The molecule has 0 saturated heterocycles. The van der Waals surface area contributed by atoms with Crippen molar-refractivity contribution in [3.05, 3.63) is 53.7 Å². The standard InChI is InChI=1S/C19H15N3OS.ClH/c1-22-16-5-4-12(9-14(16)19(6-7-19)18(22)23)15-11-24-17(21-15)13-3-2-8-20-10-13;/h2-5,8-11H,6-7H2,1H3;1H. The van der Waals surface area contributed by atoms with Crippen molar-refractivity contribution in [1.29, 1.82) is 0 Å². The summed E-state index contributed by atoms with van der Waals surface area (Å²) in [5.74, 6) is 0.240. The predicted molar refractivity (Wildman–Crippen MR) is 102 cm³/mol. The number of nitrogens with zero attached hydrogens (tertiary/aromatic N) is 3. The minimum atomic E-state index is -0.248. The number of likely N-dealkylation sites (N-methyl/N-ethyl adjacent to an activating group) is 1. The molecule has 25 heavy (non-hydrogen) atoms. The lowest BCUT2D eigenvalue weighted by atomic mass is 9.95. The van der Waals surface area contributed by atoms with E-state index in [1.54, 1.807) is 22.4 Å². The lowest BCUT2D eigenvalue weighted by Crippen LogP contribution is -2.27. The zero-order chi connectivity index (χ0) is 16.3. The van der Waals surface area contributed by atoms with Gasteiger partial charge in [0.15, 0.2) is 0 Å². The van der Waals surface area contributed by atoms with Crippen molar-refractivity contribution in [2.24, 2.45) is 0 Å². The van der Waals surface area contributed by atoms with Gasteiger partial charge in [0.2, 0.25) is 5.91 Å². The molecule has 126 valence electrons. The normalized spacial score (nSPS) is 16.7. The van der Waals surface area contributed by atoms with E-state index in [1.165, 1.54) is 5.56 Å². The average molecular weight is 370 g/mol. The Morgan fingerprint density at radius 1 is 1.20 bits per heavy atom. The Kier molecular flexibility index (Phi) is 3.67. The first-order valence-corrected chi connectivity index (χ1v) is 8.86. The first-order valence-electron chi connectivity index (χ1n) is 7.98. The largest absolute Gasteiger partial charge is 0.314 e. The molecule has 1 aliphatic heterocycles. The van der Waals surface area contributed by atoms with E-state index < -0.39 is 0 Å². The molecule has 1 fully saturated rings. The van der Waals surface area contributed by atoms with Gasteiger partial charge in [0.1, 0.15) is 5.01 Å².